The number of aromatic nitrogens is 3. The maximum absolute atomic E-state index is 12.4. The Balaban J connectivity index is 1.58. The minimum absolute atomic E-state index is 0.0806. The molecule has 158 valence electrons. The monoisotopic (exact) mass is 425 g/mol. The molecule has 0 aliphatic heterocycles. The van der Waals surface area contributed by atoms with Gasteiger partial charge in [-0.25, -0.2) is 0 Å². The van der Waals surface area contributed by atoms with Gasteiger partial charge in [-0.15, -0.1) is 10.2 Å². The largest absolute Gasteiger partial charge is 0.497 e. The van der Waals surface area contributed by atoms with Gasteiger partial charge in [-0.3, -0.25) is 9.36 Å². The van der Waals surface area contributed by atoms with Crippen LogP contribution in [0.1, 0.15) is 11.4 Å². The van der Waals surface area contributed by atoms with E-state index < -0.39 is 0 Å². The van der Waals surface area contributed by atoms with E-state index in [4.69, 9.17) is 4.74 Å². The quantitative estimate of drug-likeness (QED) is 0.530. The SMILES string of the molecule is COc1ccc(-n2c(C)nnc2SCC(=O)Nc2ccc(CCN(C)C)cc2)cc1. The van der Waals surface area contributed by atoms with Crippen molar-refractivity contribution in [3.8, 4) is 11.4 Å². The van der Waals surface area contributed by atoms with Gasteiger partial charge in [-0.05, 0) is 69.4 Å². The summed E-state index contributed by atoms with van der Waals surface area (Å²) in [7, 11) is 5.75. The number of carbonyl (C=O) groups excluding carboxylic acids is 1. The number of ether oxygens (including phenoxy) is 1. The van der Waals surface area contributed by atoms with Crippen LogP contribution in [0.2, 0.25) is 0 Å². The molecule has 30 heavy (non-hydrogen) atoms. The van der Waals surface area contributed by atoms with Crippen LogP contribution in [0.5, 0.6) is 5.75 Å². The fraction of sp³-hybridized carbons (Fsp3) is 0.318. The summed E-state index contributed by atoms with van der Waals surface area (Å²) in [6.07, 6.45) is 0.984. The molecule has 0 atom stereocenters. The molecule has 1 aromatic heterocycles. The smallest absolute Gasteiger partial charge is 0.234 e. The molecule has 7 nitrogen and oxygen atoms in total. The van der Waals surface area contributed by atoms with Crippen molar-refractivity contribution >= 4 is 23.4 Å². The first kappa shape index (κ1) is 21.9. The van der Waals surface area contributed by atoms with Crippen molar-refractivity contribution in [1.82, 2.24) is 19.7 Å². The first-order chi connectivity index (χ1) is 14.5. The molecule has 0 unspecified atom stereocenters. The van der Waals surface area contributed by atoms with Crippen LogP contribution < -0.4 is 10.1 Å². The highest BCUT2D eigenvalue weighted by Gasteiger charge is 2.13. The third-order valence-electron chi connectivity index (χ3n) is 4.54. The van der Waals surface area contributed by atoms with Crippen molar-refractivity contribution in [3.05, 3.63) is 59.9 Å². The van der Waals surface area contributed by atoms with Gasteiger partial charge in [0.15, 0.2) is 5.16 Å². The van der Waals surface area contributed by atoms with Crippen LogP contribution in [0.3, 0.4) is 0 Å². The Morgan fingerprint density at radius 2 is 1.80 bits per heavy atom. The van der Waals surface area contributed by atoms with Crippen molar-refractivity contribution < 1.29 is 9.53 Å². The number of thioether (sulfide) groups is 1. The van der Waals surface area contributed by atoms with E-state index in [2.05, 4.69) is 46.6 Å². The maximum atomic E-state index is 12.4. The molecule has 1 amide bonds. The summed E-state index contributed by atoms with van der Waals surface area (Å²) in [5.41, 5.74) is 2.97. The van der Waals surface area contributed by atoms with Crippen LogP contribution in [0.15, 0.2) is 53.7 Å². The number of likely N-dealkylation sites (N-methyl/N-ethyl adjacent to an activating group) is 1. The predicted molar refractivity (Wildman–Crippen MR) is 121 cm³/mol. The van der Waals surface area contributed by atoms with E-state index in [1.807, 2.05) is 47.9 Å². The number of aryl methyl sites for hydroxylation is 1. The molecule has 0 saturated heterocycles. The van der Waals surface area contributed by atoms with Crippen molar-refractivity contribution in [3.63, 3.8) is 0 Å². The van der Waals surface area contributed by atoms with Crippen molar-refractivity contribution in [2.45, 2.75) is 18.5 Å². The fourth-order valence-corrected chi connectivity index (χ4v) is 3.70. The van der Waals surface area contributed by atoms with Gasteiger partial charge in [0, 0.05) is 17.9 Å². The van der Waals surface area contributed by atoms with Gasteiger partial charge < -0.3 is 15.0 Å². The van der Waals surface area contributed by atoms with Crippen molar-refractivity contribution in [1.29, 1.82) is 0 Å². The molecule has 1 N–H and O–H groups in total. The van der Waals surface area contributed by atoms with Gasteiger partial charge in [-0.2, -0.15) is 0 Å². The van der Waals surface area contributed by atoms with Crippen LogP contribution >= 0.6 is 11.8 Å². The first-order valence-electron chi connectivity index (χ1n) is 9.69. The van der Waals surface area contributed by atoms with Gasteiger partial charge in [0.25, 0.3) is 0 Å². The topological polar surface area (TPSA) is 72.3 Å². The number of nitrogens with zero attached hydrogens (tertiary/aromatic N) is 4. The Labute approximate surface area is 181 Å². The predicted octanol–water partition coefficient (Wildman–Crippen LogP) is 3.42. The zero-order chi connectivity index (χ0) is 21.5. The molecular formula is C22H27N5O2S. The van der Waals surface area contributed by atoms with Gasteiger partial charge in [0.2, 0.25) is 5.91 Å². The van der Waals surface area contributed by atoms with Gasteiger partial charge >= 0.3 is 0 Å². The average molecular weight is 426 g/mol. The number of methoxy groups -OCH3 is 1. The lowest BCUT2D eigenvalue weighted by Crippen LogP contribution is -2.16. The highest BCUT2D eigenvalue weighted by atomic mass is 32.2. The van der Waals surface area contributed by atoms with Gasteiger partial charge in [0.05, 0.1) is 12.9 Å². The minimum atomic E-state index is -0.0806. The fourth-order valence-electron chi connectivity index (χ4n) is 2.90. The number of hydrogen-bond acceptors (Lipinski definition) is 6. The summed E-state index contributed by atoms with van der Waals surface area (Å²) in [4.78, 5) is 14.6. The molecule has 0 aliphatic rings. The Kier molecular flexibility index (Phi) is 7.48. The number of amides is 1. The van der Waals surface area contributed by atoms with Crippen LogP contribution in [-0.4, -0.2) is 59.1 Å². The van der Waals surface area contributed by atoms with Crippen LogP contribution in [0.4, 0.5) is 5.69 Å². The molecule has 0 aliphatic carbocycles. The van der Waals surface area contributed by atoms with Crippen molar-refractivity contribution in [2.75, 3.05) is 38.8 Å². The average Bonchev–Trinajstić information content (AvgIpc) is 3.12. The van der Waals surface area contributed by atoms with E-state index in [1.165, 1.54) is 17.3 Å². The molecule has 8 heteroatoms. The molecule has 0 spiro atoms. The Bertz CT molecular complexity index is 968. The molecule has 3 aromatic rings. The Morgan fingerprint density at radius 3 is 2.43 bits per heavy atom. The number of carbonyl (C=O) groups is 1. The molecule has 0 bridgehead atoms. The number of anilines is 1. The van der Waals surface area contributed by atoms with E-state index in [0.717, 1.165) is 35.9 Å². The maximum Gasteiger partial charge on any atom is 0.234 e. The van der Waals surface area contributed by atoms with Crippen LogP contribution in [-0.2, 0) is 11.2 Å². The highest BCUT2D eigenvalue weighted by molar-refractivity contribution is 7.99. The lowest BCUT2D eigenvalue weighted by molar-refractivity contribution is -0.113. The number of hydrogen-bond donors (Lipinski definition) is 1. The van der Waals surface area contributed by atoms with E-state index in [0.29, 0.717) is 5.16 Å². The lowest BCUT2D eigenvalue weighted by Gasteiger charge is -2.11. The summed E-state index contributed by atoms with van der Waals surface area (Å²) in [6, 6.07) is 15.6. The van der Waals surface area contributed by atoms with Gasteiger partial charge in [0.1, 0.15) is 11.6 Å². The Morgan fingerprint density at radius 1 is 1.10 bits per heavy atom. The molecule has 3 rings (SSSR count). The van der Waals surface area contributed by atoms with Crippen LogP contribution in [0.25, 0.3) is 5.69 Å². The van der Waals surface area contributed by atoms with Crippen LogP contribution in [0, 0.1) is 6.92 Å². The van der Waals surface area contributed by atoms with E-state index in [9.17, 15) is 4.79 Å². The standard InChI is InChI=1S/C22H27N5O2S/c1-16-24-25-22(27(16)19-9-11-20(29-4)12-10-19)30-15-21(28)23-18-7-5-17(6-8-18)13-14-26(2)3/h5-12H,13-15H2,1-4H3,(H,23,28). The highest BCUT2D eigenvalue weighted by Crippen LogP contribution is 2.23. The van der Waals surface area contributed by atoms with E-state index in [-0.39, 0.29) is 11.7 Å². The summed E-state index contributed by atoms with van der Waals surface area (Å²) in [5, 5.41) is 12.0. The summed E-state index contributed by atoms with van der Waals surface area (Å²) >= 11 is 1.36. The number of rotatable bonds is 9. The third-order valence-corrected chi connectivity index (χ3v) is 5.47. The molecule has 0 saturated carbocycles. The van der Waals surface area contributed by atoms with E-state index >= 15 is 0 Å². The molecule has 0 fully saturated rings. The lowest BCUT2D eigenvalue weighted by atomic mass is 10.1. The zero-order valence-corrected chi connectivity index (χ0v) is 18.6. The second kappa shape index (κ2) is 10.3. The first-order valence-corrected chi connectivity index (χ1v) is 10.7. The molecule has 2 aromatic carbocycles. The third kappa shape index (κ3) is 5.84. The molecule has 0 radical (unpaired) electrons. The normalized spacial score (nSPS) is 11.0. The summed E-state index contributed by atoms with van der Waals surface area (Å²) < 4.78 is 7.14. The Hall–Kier alpha value is -2.84. The zero-order valence-electron chi connectivity index (χ0n) is 17.8. The van der Waals surface area contributed by atoms with E-state index in [1.54, 1.807) is 7.11 Å². The molecular weight excluding hydrogens is 398 g/mol. The summed E-state index contributed by atoms with van der Waals surface area (Å²) in [5.74, 6) is 1.71. The minimum Gasteiger partial charge on any atom is -0.497 e. The molecule has 1 heterocycles. The second-order valence-corrected chi connectivity index (χ2v) is 8.09. The van der Waals surface area contributed by atoms with Gasteiger partial charge in [-0.1, -0.05) is 23.9 Å². The van der Waals surface area contributed by atoms with Crippen molar-refractivity contribution in [2.24, 2.45) is 0 Å². The number of benzene rings is 2. The summed E-state index contributed by atoms with van der Waals surface area (Å²) in [6.45, 7) is 2.88. The number of nitrogens with one attached hydrogen (secondary N) is 1. The second-order valence-electron chi connectivity index (χ2n) is 7.15.